The highest BCUT2D eigenvalue weighted by Gasteiger charge is 2.17. The molecule has 0 radical (unpaired) electrons. The van der Waals surface area contributed by atoms with Gasteiger partial charge in [-0.1, -0.05) is 36.4 Å². The molecule has 0 unspecified atom stereocenters. The van der Waals surface area contributed by atoms with Crippen molar-refractivity contribution in [2.24, 2.45) is 5.10 Å². The van der Waals surface area contributed by atoms with Crippen molar-refractivity contribution in [1.82, 2.24) is 20.2 Å². The number of aromatic nitrogens is 1. The minimum absolute atomic E-state index is 0.0585. The van der Waals surface area contributed by atoms with Crippen LogP contribution in [0.4, 0.5) is 0 Å². The summed E-state index contributed by atoms with van der Waals surface area (Å²) in [4.78, 5) is 20.7. The van der Waals surface area contributed by atoms with E-state index in [1.54, 1.807) is 18.6 Å². The number of benzene rings is 1. The zero-order valence-corrected chi connectivity index (χ0v) is 14.9. The lowest BCUT2D eigenvalue weighted by molar-refractivity contribution is -0.121. The van der Waals surface area contributed by atoms with E-state index in [2.05, 4.69) is 49.6 Å². The monoisotopic (exact) mass is 351 g/mol. The first kappa shape index (κ1) is 18.2. The second kappa shape index (κ2) is 9.79. The van der Waals surface area contributed by atoms with Gasteiger partial charge in [-0.3, -0.25) is 14.7 Å². The third kappa shape index (κ3) is 6.06. The van der Waals surface area contributed by atoms with Crippen LogP contribution in [0.5, 0.6) is 0 Å². The minimum Gasteiger partial charge on any atom is -0.300 e. The van der Waals surface area contributed by atoms with E-state index in [1.807, 2.05) is 18.2 Å². The van der Waals surface area contributed by atoms with Crippen molar-refractivity contribution in [3.8, 4) is 0 Å². The summed E-state index contributed by atoms with van der Waals surface area (Å²) >= 11 is 0. The first-order valence-electron chi connectivity index (χ1n) is 9.00. The summed E-state index contributed by atoms with van der Waals surface area (Å²) in [7, 11) is 0. The Bertz CT molecular complexity index is 697. The van der Waals surface area contributed by atoms with Crippen LogP contribution in [0.15, 0.2) is 60.0 Å². The number of carbonyl (C=O) groups is 1. The molecule has 1 fully saturated rings. The predicted octanol–water partition coefficient (Wildman–Crippen LogP) is 1.74. The van der Waals surface area contributed by atoms with E-state index in [0.717, 1.165) is 44.8 Å². The molecule has 0 saturated carbocycles. The third-order valence-corrected chi connectivity index (χ3v) is 4.46. The Morgan fingerprint density at radius 3 is 2.58 bits per heavy atom. The van der Waals surface area contributed by atoms with Crippen LogP contribution in [0, 0.1) is 0 Å². The molecule has 1 aliphatic heterocycles. The fourth-order valence-electron chi connectivity index (χ4n) is 2.96. The lowest BCUT2D eigenvalue weighted by Crippen LogP contribution is -2.46. The first-order chi connectivity index (χ1) is 12.8. The van der Waals surface area contributed by atoms with Gasteiger partial charge in [0.15, 0.2) is 0 Å². The van der Waals surface area contributed by atoms with Crippen molar-refractivity contribution in [2.45, 2.75) is 13.0 Å². The molecule has 0 aliphatic carbocycles. The number of nitrogens with zero attached hydrogens (tertiary/aromatic N) is 4. The predicted molar refractivity (Wildman–Crippen MR) is 103 cm³/mol. The average molecular weight is 351 g/mol. The van der Waals surface area contributed by atoms with Crippen LogP contribution in [0.25, 0.3) is 0 Å². The van der Waals surface area contributed by atoms with E-state index in [-0.39, 0.29) is 5.91 Å². The van der Waals surface area contributed by atoms with Gasteiger partial charge < -0.3 is 4.90 Å². The lowest BCUT2D eigenvalue weighted by Gasteiger charge is -2.34. The van der Waals surface area contributed by atoms with Gasteiger partial charge in [-0.15, -0.1) is 0 Å². The fourth-order valence-corrected chi connectivity index (χ4v) is 2.96. The lowest BCUT2D eigenvalue weighted by atomic mass is 10.2. The number of hydrazone groups is 1. The van der Waals surface area contributed by atoms with Gasteiger partial charge in [-0.2, -0.15) is 5.10 Å². The van der Waals surface area contributed by atoms with Crippen molar-refractivity contribution < 1.29 is 4.79 Å². The number of hydrogen-bond acceptors (Lipinski definition) is 5. The van der Waals surface area contributed by atoms with Crippen LogP contribution in [-0.2, 0) is 11.3 Å². The number of carbonyl (C=O) groups excluding carboxylic acids is 1. The Morgan fingerprint density at radius 2 is 1.85 bits per heavy atom. The second-order valence-corrected chi connectivity index (χ2v) is 6.43. The Kier molecular flexibility index (Phi) is 6.87. The molecule has 1 amide bonds. The average Bonchev–Trinajstić information content (AvgIpc) is 2.69. The molecule has 3 rings (SSSR count). The summed E-state index contributed by atoms with van der Waals surface area (Å²) < 4.78 is 0. The van der Waals surface area contributed by atoms with Gasteiger partial charge in [0, 0.05) is 63.6 Å². The zero-order valence-electron chi connectivity index (χ0n) is 14.9. The standard InChI is InChI=1S/C20H25N5O/c26-20(23-22-16-19-7-4-9-21-15-19)8-10-24-11-13-25(14-12-24)17-18-5-2-1-3-6-18/h1-7,9,15-16H,8,10-14,17H2,(H,23,26)/b22-16-. The molecule has 2 heterocycles. The summed E-state index contributed by atoms with van der Waals surface area (Å²) in [5.74, 6) is -0.0585. The van der Waals surface area contributed by atoms with Crippen LogP contribution >= 0.6 is 0 Å². The molecule has 1 aromatic heterocycles. The molecule has 0 bridgehead atoms. The number of hydrogen-bond donors (Lipinski definition) is 1. The molecule has 0 atom stereocenters. The summed E-state index contributed by atoms with van der Waals surface area (Å²) in [6, 6.07) is 14.3. The summed E-state index contributed by atoms with van der Waals surface area (Å²) in [5.41, 5.74) is 4.79. The Labute approximate surface area is 154 Å². The van der Waals surface area contributed by atoms with E-state index < -0.39 is 0 Å². The van der Waals surface area contributed by atoms with Crippen LogP contribution < -0.4 is 5.43 Å². The summed E-state index contributed by atoms with van der Waals surface area (Å²) in [6.07, 6.45) is 5.47. The molecule has 1 aliphatic rings. The zero-order chi connectivity index (χ0) is 18.0. The molecule has 6 heteroatoms. The maximum absolute atomic E-state index is 11.9. The number of amides is 1. The van der Waals surface area contributed by atoms with Gasteiger partial charge in [-0.05, 0) is 11.6 Å². The normalized spacial score (nSPS) is 16.0. The Balaban J connectivity index is 1.32. The molecule has 0 spiro atoms. The van der Waals surface area contributed by atoms with Crippen LogP contribution in [0.2, 0.25) is 0 Å². The summed E-state index contributed by atoms with van der Waals surface area (Å²) in [5, 5.41) is 3.97. The van der Waals surface area contributed by atoms with Gasteiger partial charge in [0.1, 0.15) is 0 Å². The quantitative estimate of drug-likeness (QED) is 0.610. The van der Waals surface area contributed by atoms with E-state index in [9.17, 15) is 4.79 Å². The number of pyridine rings is 1. The molecule has 2 aromatic rings. The molecular formula is C20H25N5O. The van der Waals surface area contributed by atoms with Crippen LogP contribution in [0.1, 0.15) is 17.5 Å². The van der Waals surface area contributed by atoms with Gasteiger partial charge in [0.2, 0.25) is 5.91 Å². The number of rotatable bonds is 7. The van der Waals surface area contributed by atoms with E-state index in [4.69, 9.17) is 0 Å². The Morgan fingerprint density at radius 1 is 1.08 bits per heavy atom. The number of piperazine rings is 1. The van der Waals surface area contributed by atoms with Gasteiger partial charge in [0.05, 0.1) is 6.21 Å². The van der Waals surface area contributed by atoms with Crippen molar-refractivity contribution >= 4 is 12.1 Å². The number of nitrogens with one attached hydrogen (secondary N) is 1. The van der Waals surface area contributed by atoms with Crippen molar-refractivity contribution in [1.29, 1.82) is 0 Å². The van der Waals surface area contributed by atoms with Gasteiger partial charge in [0.25, 0.3) is 0 Å². The SMILES string of the molecule is O=C(CCN1CCN(Cc2ccccc2)CC1)N/N=C\c1cccnc1. The van der Waals surface area contributed by atoms with E-state index in [0.29, 0.717) is 6.42 Å². The van der Waals surface area contributed by atoms with Crippen molar-refractivity contribution in [3.05, 3.63) is 66.0 Å². The maximum atomic E-state index is 11.9. The smallest absolute Gasteiger partial charge is 0.241 e. The van der Waals surface area contributed by atoms with E-state index in [1.165, 1.54) is 5.56 Å². The molecule has 1 aromatic carbocycles. The topological polar surface area (TPSA) is 60.8 Å². The van der Waals surface area contributed by atoms with Gasteiger partial charge in [-0.25, -0.2) is 5.43 Å². The van der Waals surface area contributed by atoms with Crippen molar-refractivity contribution in [3.63, 3.8) is 0 Å². The maximum Gasteiger partial charge on any atom is 0.241 e. The fraction of sp³-hybridized carbons (Fsp3) is 0.350. The van der Waals surface area contributed by atoms with E-state index >= 15 is 0 Å². The van der Waals surface area contributed by atoms with Crippen LogP contribution in [0.3, 0.4) is 0 Å². The molecule has 6 nitrogen and oxygen atoms in total. The molecule has 26 heavy (non-hydrogen) atoms. The van der Waals surface area contributed by atoms with Crippen LogP contribution in [-0.4, -0.2) is 59.6 Å². The molecule has 1 N–H and O–H groups in total. The highest BCUT2D eigenvalue weighted by molar-refractivity contribution is 5.82. The Hall–Kier alpha value is -2.57. The molecular weight excluding hydrogens is 326 g/mol. The molecule has 136 valence electrons. The van der Waals surface area contributed by atoms with Gasteiger partial charge >= 0.3 is 0 Å². The largest absolute Gasteiger partial charge is 0.300 e. The highest BCUT2D eigenvalue weighted by Crippen LogP contribution is 2.08. The van der Waals surface area contributed by atoms with Crippen molar-refractivity contribution in [2.75, 3.05) is 32.7 Å². The second-order valence-electron chi connectivity index (χ2n) is 6.43. The third-order valence-electron chi connectivity index (χ3n) is 4.46. The summed E-state index contributed by atoms with van der Waals surface area (Å²) in [6.45, 7) is 5.84. The molecule has 1 saturated heterocycles. The highest BCUT2D eigenvalue weighted by atomic mass is 16.2. The minimum atomic E-state index is -0.0585. The first-order valence-corrected chi connectivity index (χ1v) is 9.00.